The summed E-state index contributed by atoms with van der Waals surface area (Å²) in [4.78, 5) is 26.5. The number of fused-ring (bicyclic) bond motifs is 1. The second kappa shape index (κ2) is 12.6. The number of nitrogens with one attached hydrogen (secondary N) is 1. The van der Waals surface area contributed by atoms with Crippen molar-refractivity contribution in [1.29, 1.82) is 0 Å². The number of H-pyrrole nitrogens is 1. The van der Waals surface area contributed by atoms with E-state index in [1.54, 1.807) is 25.1 Å². The van der Waals surface area contributed by atoms with E-state index in [0.29, 0.717) is 18.1 Å². The number of amides is 1. The first-order valence-electron chi connectivity index (χ1n) is 15.2. The molecule has 0 saturated heterocycles. The predicted octanol–water partition coefficient (Wildman–Crippen LogP) is 7.22. The summed E-state index contributed by atoms with van der Waals surface area (Å²) in [5.74, 6) is 0.600. The van der Waals surface area contributed by atoms with Crippen LogP contribution >= 0.6 is 0 Å². The zero-order chi connectivity index (χ0) is 30.7. The molecule has 1 amide bonds. The topological polar surface area (TPSA) is 78.3 Å². The van der Waals surface area contributed by atoms with E-state index in [1.807, 2.05) is 71.8 Å². The molecule has 3 aromatic carbocycles. The van der Waals surface area contributed by atoms with Crippen LogP contribution in [0.4, 0.5) is 4.39 Å². The van der Waals surface area contributed by atoms with Gasteiger partial charge in [-0.2, -0.15) is 4.98 Å². The molecular weight excluding hydrogens is 553 g/mol. The molecule has 1 N–H and O–H groups in total. The summed E-state index contributed by atoms with van der Waals surface area (Å²) in [7, 11) is 4.11. The van der Waals surface area contributed by atoms with E-state index in [2.05, 4.69) is 40.2 Å². The van der Waals surface area contributed by atoms with Gasteiger partial charge in [0.05, 0.1) is 0 Å². The molecule has 2 heterocycles. The lowest BCUT2D eigenvalue weighted by atomic mass is 9.73. The highest BCUT2D eigenvalue weighted by atomic mass is 19.1. The molecular formula is C36H38FN5O2. The third-order valence-electron chi connectivity index (χ3n) is 9.12. The molecule has 226 valence electrons. The monoisotopic (exact) mass is 591 g/mol. The number of aryl methyl sites for hydroxylation is 1. The maximum Gasteiger partial charge on any atom is 0.249 e. The number of benzene rings is 3. The number of carbonyl (C=O) groups is 1. The van der Waals surface area contributed by atoms with Crippen molar-refractivity contribution in [3.8, 4) is 0 Å². The van der Waals surface area contributed by atoms with Gasteiger partial charge in [0.15, 0.2) is 5.82 Å². The molecule has 1 unspecified atom stereocenters. The van der Waals surface area contributed by atoms with E-state index in [1.165, 1.54) is 6.07 Å². The first kappa shape index (κ1) is 29.5. The number of hydrogen-bond acceptors (Lipinski definition) is 5. The lowest BCUT2D eigenvalue weighted by Gasteiger charge is -2.48. The van der Waals surface area contributed by atoms with E-state index in [0.717, 1.165) is 53.3 Å². The smallest absolute Gasteiger partial charge is 0.249 e. The standard InChI is InChI=1S/C36H38FN5O2/c1-25-39-35(44-40-25)33(22-27-24-38-32-15-8-7-14-31(27)32)42(34(43)17-16-26-10-5-4-6-11-26)30-18-20-36(21-19-30,41(2)3)28-12-9-13-29(37)23-28/h4-17,23-24,30,33,38H,18-22H2,1-3H3. The molecule has 2 aromatic heterocycles. The van der Waals surface area contributed by atoms with Crippen molar-refractivity contribution in [3.63, 3.8) is 0 Å². The third-order valence-corrected chi connectivity index (χ3v) is 9.12. The highest BCUT2D eigenvalue weighted by Gasteiger charge is 2.43. The summed E-state index contributed by atoms with van der Waals surface area (Å²) >= 11 is 0. The fourth-order valence-electron chi connectivity index (χ4n) is 6.80. The van der Waals surface area contributed by atoms with E-state index >= 15 is 0 Å². The molecule has 7 nitrogen and oxygen atoms in total. The van der Waals surface area contributed by atoms with Crippen molar-refractivity contribution in [2.45, 2.75) is 56.7 Å². The van der Waals surface area contributed by atoms with Crippen LogP contribution in [0.1, 0.15) is 60.1 Å². The van der Waals surface area contributed by atoms with Crippen LogP contribution in [-0.2, 0) is 16.8 Å². The van der Waals surface area contributed by atoms with Gasteiger partial charge in [0.1, 0.15) is 11.9 Å². The molecule has 5 aromatic rings. The second-order valence-corrected chi connectivity index (χ2v) is 11.9. The third kappa shape index (κ3) is 5.95. The predicted molar refractivity (Wildman–Crippen MR) is 170 cm³/mol. The highest BCUT2D eigenvalue weighted by Crippen LogP contribution is 2.44. The fraction of sp³-hybridized carbons (Fsp3) is 0.306. The number of hydrogen-bond donors (Lipinski definition) is 1. The van der Waals surface area contributed by atoms with Crippen LogP contribution in [0.3, 0.4) is 0 Å². The molecule has 1 atom stereocenters. The van der Waals surface area contributed by atoms with E-state index < -0.39 is 6.04 Å². The van der Waals surface area contributed by atoms with Gasteiger partial charge in [-0.1, -0.05) is 65.8 Å². The normalized spacial score (nSPS) is 19.5. The number of nitrogens with zero attached hydrogens (tertiary/aromatic N) is 4. The quantitative estimate of drug-likeness (QED) is 0.183. The zero-order valence-corrected chi connectivity index (χ0v) is 25.4. The summed E-state index contributed by atoms with van der Waals surface area (Å²) < 4.78 is 20.2. The lowest BCUT2D eigenvalue weighted by molar-refractivity contribution is -0.133. The highest BCUT2D eigenvalue weighted by molar-refractivity contribution is 5.92. The number of halogens is 1. The first-order valence-corrected chi connectivity index (χ1v) is 15.2. The summed E-state index contributed by atoms with van der Waals surface area (Å²) in [6, 6.07) is 24.3. The van der Waals surface area contributed by atoms with Crippen LogP contribution < -0.4 is 0 Å². The van der Waals surface area contributed by atoms with Crippen LogP contribution in [0.2, 0.25) is 0 Å². The molecule has 44 heavy (non-hydrogen) atoms. The minimum absolute atomic E-state index is 0.0908. The minimum atomic E-state index is -0.477. The van der Waals surface area contributed by atoms with Gasteiger partial charge < -0.3 is 14.4 Å². The number of carbonyl (C=O) groups excluding carboxylic acids is 1. The zero-order valence-electron chi connectivity index (χ0n) is 25.4. The molecule has 1 aliphatic rings. The van der Waals surface area contributed by atoms with Crippen molar-refractivity contribution in [3.05, 3.63) is 125 Å². The molecule has 1 fully saturated rings. The average Bonchev–Trinajstić information content (AvgIpc) is 3.66. The van der Waals surface area contributed by atoms with Gasteiger partial charge in [0, 0.05) is 41.2 Å². The van der Waals surface area contributed by atoms with Gasteiger partial charge in [-0.05, 0) is 87.7 Å². The maximum absolute atomic E-state index is 14.4. The molecule has 6 rings (SSSR count). The molecule has 1 aliphatic carbocycles. The van der Waals surface area contributed by atoms with Crippen molar-refractivity contribution in [2.24, 2.45) is 0 Å². The Balaban J connectivity index is 1.38. The number of rotatable bonds is 9. The molecule has 0 spiro atoms. The van der Waals surface area contributed by atoms with Crippen molar-refractivity contribution >= 4 is 22.9 Å². The van der Waals surface area contributed by atoms with Crippen LogP contribution in [0.15, 0.2) is 95.7 Å². The molecule has 1 saturated carbocycles. The van der Waals surface area contributed by atoms with Gasteiger partial charge in [-0.3, -0.25) is 9.69 Å². The van der Waals surface area contributed by atoms with E-state index in [4.69, 9.17) is 4.52 Å². The Labute approximate surface area is 257 Å². The summed E-state index contributed by atoms with van der Waals surface area (Å²) in [6.45, 7) is 1.79. The van der Waals surface area contributed by atoms with E-state index in [9.17, 15) is 9.18 Å². The van der Waals surface area contributed by atoms with Crippen LogP contribution in [0.5, 0.6) is 0 Å². The SMILES string of the molecule is Cc1noc(C(Cc2c[nH]c3ccccc23)N(C(=O)C=Cc2ccccc2)C2CCC(c3cccc(F)c3)(N(C)C)CC2)n1. The molecule has 0 radical (unpaired) electrons. The number of aromatic nitrogens is 3. The van der Waals surface area contributed by atoms with Gasteiger partial charge in [-0.25, -0.2) is 4.39 Å². The van der Waals surface area contributed by atoms with Gasteiger partial charge >= 0.3 is 0 Å². The lowest BCUT2D eigenvalue weighted by Crippen LogP contribution is -2.51. The Hall–Kier alpha value is -4.56. The summed E-state index contributed by atoms with van der Waals surface area (Å²) in [5, 5.41) is 5.21. The van der Waals surface area contributed by atoms with Crippen molar-refractivity contribution in [2.75, 3.05) is 14.1 Å². The largest absolute Gasteiger partial charge is 0.361 e. The van der Waals surface area contributed by atoms with Crippen LogP contribution in [0.25, 0.3) is 17.0 Å². The first-order chi connectivity index (χ1) is 21.3. The Bertz CT molecular complexity index is 1750. The van der Waals surface area contributed by atoms with E-state index in [-0.39, 0.29) is 23.3 Å². The average molecular weight is 592 g/mol. The second-order valence-electron chi connectivity index (χ2n) is 11.9. The van der Waals surface area contributed by atoms with Crippen molar-refractivity contribution < 1.29 is 13.7 Å². The van der Waals surface area contributed by atoms with Gasteiger partial charge in [0.25, 0.3) is 0 Å². The van der Waals surface area contributed by atoms with Gasteiger partial charge in [-0.15, -0.1) is 0 Å². The molecule has 0 aliphatic heterocycles. The molecule has 8 heteroatoms. The summed E-state index contributed by atoms with van der Waals surface area (Å²) in [6.07, 6.45) is 9.03. The Kier molecular flexibility index (Phi) is 8.44. The number of aromatic amines is 1. The minimum Gasteiger partial charge on any atom is -0.361 e. The van der Waals surface area contributed by atoms with Crippen molar-refractivity contribution in [1.82, 2.24) is 24.9 Å². The van der Waals surface area contributed by atoms with Crippen LogP contribution in [0, 0.1) is 12.7 Å². The van der Waals surface area contributed by atoms with Crippen LogP contribution in [-0.4, -0.2) is 51.0 Å². The molecule has 0 bridgehead atoms. The Morgan fingerprint density at radius 1 is 1.07 bits per heavy atom. The summed E-state index contributed by atoms with van der Waals surface area (Å²) in [5.41, 5.74) is 3.69. The Morgan fingerprint density at radius 2 is 1.82 bits per heavy atom. The maximum atomic E-state index is 14.4. The Morgan fingerprint density at radius 3 is 2.52 bits per heavy atom. The number of para-hydroxylation sites is 1. The fourth-order valence-corrected chi connectivity index (χ4v) is 6.80. The van der Waals surface area contributed by atoms with Gasteiger partial charge in [0.2, 0.25) is 11.8 Å².